The first-order chi connectivity index (χ1) is 5.29. The molecule has 2 aromatic heterocycles. The number of nitrogens with two attached hydrogens (primary N) is 1. The molecule has 2 heterocycles. The minimum atomic E-state index is 0.517. The average molecular weight is 166 g/mol. The van der Waals surface area contributed by atoms with Gasteiger partial charge in [-0.2, -0.15) is 0 Å². The number of nitrogen functional groups attached to an aromatic ring is 1. The molecule has 0 radical (unpaired) electrons. The highest BCUT2D eigenvalue weighted by molar-refractivity contribution is 7.14. The molecule has 2 N–H and O–H groups in total. The number of rotatable bonds is 0. The number of nitrogens with zero attached hydrogens (tertiary/aromatic N) is 3. The summed E-state index contributed by atoms with van der Waals surface area (Å²) in [4.78, 5) is 4.10. The number of hydrogen-bond acceptors (Lipinski definition) is 3. The highest BCUT2D eigenvalue weighted by Gasteiger charge is 2.03. The van der Waals surface area contributed by atoms with Crippen LogP contribution in [0.1, 0.15) is 0 Å². The molecule has 11 heavy (non-hydrogen) atoms. The van der Waals surface area contributed by atoms with Gasteiger partial charge in [0.15, 0.2) is 11.5 Å². The van der Waals surface area contributed by atoms with Gasteiger partial charge < -0.3 is 5.73 Å². The Bertz CT molecular complexity index is 358. The molecule has 0 aliphatic rings. The van der Waals surface area contributed by atoms with E-state index in [1.165, 1.54) is 0 Å². The second-order valence-electron chi connectivity index (χ2n) is 2.20. The lowest BCUT2D eigenvalue weighted by molar-refractivity contribution is 1.03. The van der Waals surface area contributed by atoms with Crippen LogP contribution in [-0.2, 0) is 0 Å². The van der Waals surface area contributed by atoms with Crippen molar-refractivity contribution < 1.29 is 0 Å². The Morgan fingerprint density at radius 1 is 1.55 bits per heavy atom. The zero-order valence-corrected chi connectivity index (χ0v) is 6.88. The molecule has 0 saturated carbocycles. The van der Waals surface area contributed by atoms with Crippen LogP contribution in [0.2, 0.25) is 0 Å². The first-order valence-corrected chi connectivity index (χ1v) is 3.65. The fourth-order valence-electron chi connectivity index (χ4n) is 0.997. The molecule has 4 nitrogen and oxygen atoms in total. The molecule has 1 atom stereocenters. The monoisotopic (exact) mass is 166 g/mol. The van der Waals surface area contributed by atoms with Gasteiger partial charge in [0.2, 0.25) is 0 Å². The SMILES string of the molecule is Nc1nn(P)c2ncccc12. The van der Waals surface area contributed by atoms with E-state index in [0.717, 1.165) is 11.0 Å². The van der Waals surface area contributed by atoms with Crippen LogP contribution in [0, 0.1) is 0 Å². The Balaban J connectivity index is 2.95. The Labute approximate surface area is 65.7 Å². The van der Waals surface area contributed by atoms with Crippen molar-refractivity contribution in [1.82, 2.24) is 14.5 Å². The molecule has 56 valence electrons. The average Bonchev–Trinajstić information content (AvgIpc) is 2.30. The third kappa shape index (κ3) is 0.870. The fraction of sp³-hybridized carbons (Fsp3) is 0. The van der Waals surface area contributed by atoms with Gasteiger partial charge in [0.25, 0.3) is 0 Å². The zero-order chi connectivity index (χ0) is 7.84. The quantitative estimate of drug-likeness (QED) is 0.584. The van der Waals surface area contributed by atoms with E-state index < -0.39 is 0 Å². The van der Waals surface area contributed by atoms with Crippen molar-refractivity contribution in [3.05, 3.63) is 18.3 Å². The van der Waals surface area contributed by atoms with Crippen molar-refractivity contribution in [2.75, 3.05) is 5.73 Å². The van der Waals surface area contributed by atoms with E-state index in [1.807, 2.05) is 12.1 Å². The normalized spacial score (nSPS) is 10.6. The molecule has 0 aliphatic heterocycles. The number of pyridine rings is 1. The lowest BCUT2D eigenvalue weighted by Gasteiger charge is -1.88. The lowest BCUT2D eigenvalue weighted by atomic mass is 10.3. The Morgan fingerprint density at radius 3 is 3.09 bits per heavy atom. The zero-order valence-electron chi connectivity index (χ0n) is 5.73. The molecule has 0 aliphatic carbocycles. The van der Waals surface area contributed by atoms with E-state index in [2.05, 4.69) is 19.5 Å². The van der Waals surface area contributed by atoms with Crippen molar-refractivity contribution in [3.63, 3.8) is 0 Å². The van der Waals surface area contributed by atoms with Gasteiger partial charge in [0.05, 0.1) is 5.39 Å². The van der Waals surface area contributed by atoms with E-state index in [-0.39, 0.29) is 0 Å². The van der Waals surface area contributed by atoms with Crippen molar-refractivity contribution in [1.29, 1.82) is 0 Å². The van der Waals surface area contributed by atoms with Crippen molar-refractivity contribution >= 4 is 26.2 Å². The van der Waals surface area contributed by atoms with E-state index >= 15 is 0 Å². The molecule has 2 aromatic rings. The standard InChI is InChI=1S/C6H7N4P/c7-5-4-2-1-3-8-6(4)10(11)9-5/h1-3H,11H2,(H2,7,9). The maximum atomic E-state index is 5.59. The van der Waals surface area contributed by atoms with E-state index in [1.54, 1.807) is 10.6 Å². The summed E-state index contributed by atoms with van der Waals surface area (Å²) in [5, 5.41) is 4.88. The third-order valence-electron chi connectivity index (χ3n) is 1.50. The number of anilines is 1. The summed E-state index contributed by atoms with van der Waals surface area (Å²) in [6.45, 7) is 0. The smallest absolute Gasteiger partial charge is 0.162 e. The van der Waals surface area contributed by atoms with Gasteiger partial charge in [-0.1, -0.05) is 0 Å². The molecule has 0 fully saturated rings. The summed E-state index contributed by atoms with van der Waals surface area (Å²) in [7, 11) is 2.43. The first kappa shape index (κ1) is 6.55. The molecule has 0 amide bonds. The highest BCUT2D eigenvalue weighted by Crippen LogP contribution is 2.18. The molecule has 1 unspecified atom stereocenters. The lowest BCUT2D eigenvalue weighted by Crippen LogP contribution is -1.85. The van der Waals surface area contributed by atoms with Crippen LogP contribution in [0.3, 0.4) is 0 Å². The maximum Gasteiger partial charge on any atom is 0.162 e. The van der Waals surface area contributed by atoms with Crippen LogP contribution in [0.5, 0.6) is 0 Å². The molecule has 0 bridgehead atoms. The van der Waals surface area contributed by atoms with E-state index in [0.29, 0.717) is 5.82 Å². The Morgan fingerprint density at radius 2 is 2.36 bits per heavy atom. The van der Waals surface area contributed by atoms with Crippen LogP contribution >= 0.6 is 9.39 Å². The van der Waals surface area contributed by atoms with Gasteiger partial charge >= 0.3 is 0 Å². The first-order valence-electron chi connectivity index (χ1n) is 3.13. The van der Waals surface area contributed by atoms with Gasteiger partial charge in [-0.25, -0.2) is 9.44 Å². The van der Waals surface area contributed by atoms with E-state index in [4.69, 9.17) is 5.73 Å². The van der Waals surface area contributed by atoms with E-state index in [9.17, 15) is 0 Å². The van der Waals surface area contributed by atoms with Gasteiger partial charge in [0, 0.05) is 6.20 Å². The molecule has 2 rings (SSSR count). The molecule has 0 aromatic carbocycles. The molecule has 0 spiro atoms. The number of fused-ring (bicyclic) bond motifs is 1. The van der Waals surface area contributed by atoms with Crippen molar-refractivity contribution in [3.8, 4) is 0 Å². The number of hydrogen-bond donors (Lipinski definition) is 1. The predicted octanol–water partition coefficient (Wildman–Crippen LogP) is 0.652. The summed E-state index contributed by atoms with van der Waals surface area (Å²) in [5.41, 5.74) is 6.38. The van der Waals surface area contributed by atoms with Gasteiger partial charge in [-0.15, -0.1) is 5.10 Å². The third-order valence-corrected chi connectivity index (χ3v) is 1.86. The second kappa shape index (κ2) is 2.17. The topological polar surface area (TPSA) is 56.7 Å². The highest BCUT2D eigenvalue weighted by atomic mass is 31.0. The summed E-state index contributed by atoms with van der Waals surface area (Å²) in [5.74, 6) is 0.517. The van der Waals surface area contributed by atoms with Crippen LogP contribution in [0.4, 0.5) is 5.82 Å². The summed E-state index contributed by atoms with van der Waals surface area (Å²) in [6.07, 6.45) is 1.71. The largest absolute Gasteiger partial charge is 0.382 e. The van der Waals surface area contributed by atoms with Crippen LogP contribution in [-0.4, -0.2) is 14.5 Å². The predicted molar refractivity (Wildman–Crippen MR) is 47.0 cm³/mol. The minimum absolute atomic E-state index is 0.517. The maximum absolute atomic E-state index is 5.59. The van der Waals surface area contributed by atoms with Crippen molar-refractivity contribution in [2.45, 2.75) is 0 Å². The van der Waals surface area contributed by atoms with Gasteiger partial charge in [0.1, 0.15) is 0 Å². The minimum Gasteiger partial charge on any atom is -0.382 e. The van der Waals surface area contributed by atoms with Crippen LogP contribution < -0.4 is 5.73 Å². The Hall–Kier alpha value is -1.15. The van der Waals surface area contributed by atoms with Crippen molar-refractivity contribution in [2.24, 2.45) is 0 Å². The van der Waals surface area contributed by atoms with Crippen LogP contribution in [0.25, 0.3) is 11.0 Å². The summed E-state index contributed by atoms with van der Waals surface area (Å²) >= 11 is 0. The fourth-order valence-corrected chi connectivity index (χ4v) is 1.33. The van der Waals surface area contributed by atoms with Crippen LogP contribution in [0.15, 0.2) is 18.3 Å². The molecule has 0 saturated heterocycles. The Kier molecular flexibility index (Phi) is 1.29. The molecule has 5 heteroatoms. The summed E-state index contributed by atoms with van der Waals surface area (Å²) in [6, 6.07) is 3.73. The summed E-state index contributed by atoms with van der Waals surface area (Å²) < 4.78 is 1.59. The van der Waals surface area contributed by atoms with Gasteiger partial charge in [-0.05, 0) is 21.5 Å². The molecular formula is C6H7N4P. The van der Waals surface area contributed by atoms with Gasteiger partial charge in [-0.3, -0.25) is 0 Å². The second-order valence-corrected chi connectivity index (χ2v) is 2.69. The number of aromatic nitrogens is 3. The molecular weight excluding hydrogens is 159 g/mol.